The molecule has 3 nitrogen and oxygen atoms in total. The lowest BCUT2D eigenvalue weighted by atomic mass is 10.2. The van der Waals surface area contributed by atoms with E-state index in [1.165, 1.54) is 18.2 Å². The van der Waals surface area contributed by atoms with Gasteiger partial charge in [0.05, 0.1) is 0 Å². The summed E-state index contributed by atoms with van der Waals surface area (Å²) in [7, 11) is 0. The van der Waals surface area contributed by atoms with E-state index in [-0.39, 0.29) is 5.75 Å². The van der Waals surface area contributed by atoms with E-state index in [1.54, 1.807) is 6.07 Å². The Labute approximate surface area is 155 Å². The SMILES string of the molecule is Cc1ccc(Oc2cccc(NCc3cccc(OC(F)(F)F)c3)c2)cc1. The van der Waals surface area contributed by atoms with Gasteiger partial charge in [0.25, 0.3) is 0 Å². The molecule has 0 radical (unpaired) electrons. The Hall–Kier alpha value is -3.15. The van der Waals surface area contributed by atoms with Gasteiger partial charge in [-0.25, -0.2) is 0 Å². The molecule has 0 fully saturated rings. The van der Waals surface area contributed by atoms with Crippen molar-refractivity contribution in [2.24, 2.45) is 0 Å². The molecule has 0 unspecified atom stereocenters. The zero-order chi connectivity index (χ0) is 19.3. The van der Waals surface area contributed by atoms with Gasteiger partial charge in [-0.1, -0.05) is 35.9 Å². The van der Waals surface area contributed by atoms with E-state index in [9.17, 15) is 13.2 Å². The molecule has 0 bridgehead atoms. The molecule has 0 amide bonds. The molecule has 27 heavy (non-hydrogen) atoms. The highest BCUT2D eigenvalue weighted by Crippen LogP contribution is 2.26. The van der Waals surface area contributed by atoms with Crippen molar-refractivity contribution in [2.45, 2.75) is 19.8 Å². The molecule has 0 spiro atoms. The zero-order valence-electron chi connectivity index (χ0n) is 14.6. The first-order chi connectivity index (χ1) is 12.9. The number of nitrogens with one attached hydrogen (secondary N) is 1. The topological polar surface area (TPSA) is 30.5 Å². The Kier molecular flexibility index (Phi) is 5.54. The van der Waals surface area contributed by atoms with Crippen LogP contribution in [0.3, 0.4) is 0 Å². The van der Waals surface area contributed by atoms with Crippen LogP contribution in [0.25, 0.3) is 0 Å². The van der Waals surface area contributed by atoms with Crippen LogP contribution in [0, 0.1) is 6.92 Å². The number of benzene rings is 3. The zero-order valence-corrected chi connectivity index (χ0v) is 14.6. The van der Waals surface area contributed by atoms with Crippen LogP contribution in [-0.4, -0.2) is 6.36 Å². The average Bonchev–Trinajstić information content (AvgIpc) is 2.61. The second kappa shape index (κ2) is 8.03. The van der Waals surface area contributed by atoms with Crippen LogP contribution in [0.5, 0.6) is 17.2 Å². The van der Waals surface area contributed by atoms with Crippen LogP contribution in [0.2, 0.25) is 0 Å². The van der Waals surface area contributed by atoms with E-state index < -0.39 is 6.36 Å². The fraction of sp³-hybridized carbons (Fsp3) is 0.143. The Morgan fingerprint density at radius 2 is 1.52 bits per heavy atom. The van der Waals surface area contributed by atoms with Gasteiger partial charge in [0.1, 0.15) is 17.2 Å². The number of alkyl halides is 3. The van der Waals surface area contributed by atoms with E-state index in [0.717, 1.165) is 17.0 Å². The highest BCUT2D eigenvalue weighted by atomic mass is 19.4. The van der Waals surface area contributed by atoms with Crippen LogP contribution in [0.4, 0.5) is 18.9 Å². The number of halogens is 3. The lowest BCUT2D eigenvalue weighted by Crippen LogP contribution is -2.17. The Morgan fingerprint density at radius 1 is 0.815 bits per heavy atom. The number of rotatable bonds is 6. The maximum Gasteiger partial charge on any atom is 0.573 e. The average molecular weight is 373 g/mol. The van der Waals surface area contributed by atoms with Crippen molar-refractivity contribution in [3.63, 3.8) is 0 Å². The van der Waals surface area contributed by atoms with Gasteiger partial charge in [0.15, 0.2) is 0 Å². The number of ether oxygens (including phenoxy) is 2. The third-order valence-electron chi connectivity index (χ3n) is 3.72. The molecule has 1 N–H and O–H groups in total. The van der Waals surface area contributed by atoms with Gasteiger partial charge in [-0.05, 0) is 48.9 Å². The summed E-state index contributed by atoms with van der Waals surface area (Å²) in [6.07, 6.45) is -4.70. The molecule has 0 saturated carbocycles. The number of aryl methyl sites for hydroxylation is 1. The first kappa shape index (κ1) is 18.6. The summed E-state index contributed by atoms with van der Waals surface area (Å²) in [5, 5.41) is 3.17. The van der Waals surface area contributed by atoms with Gasteiger partial charge < -0.3 is 14.8 Å². The third-order valence-corrected chi connectivity index (χ3v) is 3.72. The lowest BCUT2D eigenvalue weighted by Gasteiger charge is -2.12. The van der Waals surface area contributed by atoms with Crippen molar-refractivity contribution in [1.29, 1.82) is 0 Å². The van der Waals surface area contributed by atoms with E-state index >= 15 is 0 Å². The normalized spacial score (nSPS) is 11.1. The van der Waals surface area contributed by atoms with Gasteiger partial charge in [-0.2, -0.15) is 0 Å². The molecule has 6 heteroatoms. The summed E-state index contributed by atoms with van der Waals surface area (Å²) in [5.74, 6) is 1.16. The van der Waals surface area contributed by atoms with Gasteiger partial charge >= 0.3 is 6.36 Å². The van der Waals surface area contributed by atoms with Crippen molar-refractivity contribution >= 4 is 5.69 Å². The minimum absolute atomic E-state index is 0.238. The molecular formula is C21H18F3NO2. The quantitative estimate of drug-likeness (QED) is 0.550. The second-order valence-corrected chi connectivity index (χ2v) is 5.99. The Morgan fingerprint density at radius 3 is 2.26 bits per heavy atom. The van der Waals surface area contributed by atoms with Crippen molar-refractivity contribution in [2.75, 3.05) is 5.32 Å². The highest BCUT2D eigenvalue weighted by Gasteiger charge is 2.31. The molecule has 140 valence electrons. The minimum Gasteiger partial charge on any atom is -0.457 e. The van der Waals surface area contributed by atoms with E-state index in [2.05, 4.69) is 10.1 Å². The fourth-order valence-corrected chi connectivity index (χ4v) is 2.47. The molecule has 0 saturated heterocycles. The Balaban J connectivity index is 1.63. The van der Waals surface area contributed by atoms with E-state index in [1.807, 2.05) is 55.5 Å². The van der Waals surface area contributed by atoms with E-state index in [4.69, 9.17) is 4.74 Å². The molecule has 3 aromatic carbocycles. The Bertz CT molecular complexity index is 892. The highest BCUT2D eigenvalue weighted by molar-refractivity contribution is 5.49. The summed E-state index contributed by atoms with van der Waals surface area (Å²) < 4.78 is 46.7. The molecule has 0 aliphatic carbocycles. The van der Waals surface area contributed by atoms with E-state index in [0.29, 0.717) is 17.9 Å². The molecule has 0 aliphatic heterocycles. The maximum absolute atomic E-state index is 12.3. The fourth-order valence-electron chi connectivity index (χ4n) is 2.47. The molecule has 0 atom stereocenters. The third kappa shape index (κ3) is 5.95. The number of hydrogen-bond acceptors (Lipinski definition) is 3. The molecule has 3 aromatic rings. The van der Waals surface area contributed by atoms with Gasteiger partial charge in [-0.3, -0.25) is 0 Å². The minimum atomic E-state index is -4.70. The van der Waals surface area contributed by atoms with Crippen LogP contribution in [0.1, 0.15) is 11.1 Å². The molecule has 0 heterocycles. The maximum atomic E-state index is 12.3. The van der Waals surface area contributed by atoms with Crippen molar-refractivity contribution in [3.05, 3.63) is 83.9 Å². The summed E-state index contributed by atoms with van der Waals surface area (Å²) >= 11 is 0. The largest absolute Gasteiger partial charge is 0.573 e. The lowest BCUT2D eigenvalue weighted by molar-refractivity contribution is -0.274. The monoisotopic (exact) mass is 373 g/mol. The van der Waals surface area contributed by atoms with Crippen molar-refractivity contribution in [3.8, 4) is 17.2 Å². The number of hydrogen-bond donors (Lipinski definition) is 1. The van der Waals surface area contributed by atoms with Crippen LogP contribution < -0.4 is 14.8 Å². The molecular weight excluding hydrogens is 355 g/mol. The van der Waals surface area contributed by atoms with Crippen LogP contribution in [-0.2, 0) is 6.54 Å². The summed E-state index contributed by atoms with van der Waals surface area (Å²) in [5.41, 5.74) is 2.61. The smallest absolute Gasteiger partial charge is 0.457 e. The summed E-state index contributed by atoms with van der Waals surface area (Å²) in [6.45, 7) is 2.35. The molecule has 3 rings (SSSR count). The van der Waals surface area contributed by atoms with Gasteiger partial charge in [0, 0.05) is 18.3 Å². The number of anilines is 1. The first-order valence-electron chi connectivity index (χ1n) is 8.30. The van der Waals surface area contributed by atoms with Gasteiger partial charge in [-0.15, -0.1) is 13.2 Å². The predicted octanol–water partition coefficient (Wildman–Crippen LogP) is 6.30. The van der Waals surface area contributed by atoms with Crippen LogP contribution in [0.15, 0.2) is 72.8 Å². The second-order valence-electron chi connectivity index (χ2n) is 5.99. The van der Waals surface area contributed by atoms with Crippen molar-refractivity contribution < 1.29 is 22.6 Å². The van der Waals surface area contributed by atoms with Crippen LogP contribution >= 0.6 is 0 Å². The van der Waals surface area contributed by atoms with Gasteiger partial charge in [0.2, 0.25) is 0 Å². The first-order valence-corrected chi connectivity index (χ1v) is 8.30. The summed E-state index contributed by atoms with van der Waals surface area (Å²) in [6, 6.07) is 21.0. The summed E-state index contributed by atoms with van der Waals surface area (Å²) in [4.78, 5) is 0. The standard InChI is InChI=1S/C21H18F3NO2/c1-15-8-10-18(11-9-15)26-19-6-3-5-17(13-19)25-14-16-4-2-7-20(12-16)27-21(22,23)24/h2-13,25H,14H2,1H3. The molecule has 0 aromatic heterocycles. The van der Waals surface area contributed by atoms with Crippen molar-refractivity contribution in [1.82, 2.24) is 0 Å². The predicted molar refractivity (Wildman–Crippen MR) is 98.1 cm³/mol. The molecule has 0 aliphatic rings.